The molecule has 4 heteroatoms. The summed E-state index contributed by atoms with van der Waals surface area (Å²) in [6, 6.07) is 0. The van der Waals surface area contributed by atoms with Gasteiger partial charge >= 0.3 is 6.09 Å². The van der Waals surface area contributed by atoms with Crippen LogP contribution in [0.4, 0.5) is 4.79 Å². The van der Waals surface area contributed by atoms with Crippen molar-refractivity contribution in [1.82, 2.24) is 4.90 Å². The molecule has 0 aromatic carbocycles. The molecule has 4 nitrogen and oxygen atoms in total. The number of hydrogen-bond acceptors (Lipinski definition) is 2. The van der Waals surface area contributed by atoms with Crippen molar-refractivity contribution in [3.05, 3.63) is 0 Å². The van der Waals surface area contributed by atoms with Crippen molar-refractivity contribution in [2.75, 3.05) is 6.54 Å². The second-order valence-corrected chi connectivity index (χ2v) is 5.49. The van der Waals surface area contributed by atoms with Crippen molar-refractivity contribution in [2.24, 2.45) is 11.3 Å². The van der Waals surface area contributed by atoms with Crippen LogP contribution in [-0.2, 0) is 4.79 Å². The molecule has 0 aliphatic carbocycles. The van der Waals surface area contributed by atoms with Crippen LogP contribution in [0.3, 0.4) is 0 Å². The smallest absolute Gasteiger partial charge is 0.408 e. The predicted octanol–water partition coefficient (Wildman–Crippen LogP) is 1.99. The molecule has 0 spiro atoms. The van der Waals surface area contributed by atoms with E-state index < -0.39 is 11.6 Å². The van der Waals surface area contributed by atoms with E-state index in [9.17, 15) is 9.59 Å². The Morgan fingerprint density at radius 3 is 2.33 bits per heavy atom. The standard InChI is InChI=1S/C11H19NO3/c1-8-5-11(7-13,10(2,3)4)12(6-8)9(14)15/h7-8H,5-6H2,1-4H3,(H,14,15)/t8-,11+/m0/s1. The van der Waals surface area contributed by atoms with E-state index >= 15 is 0 Å². The van der Waals surface area contributed by atoms with Gasteiger partial charge in [0.2, 0.25) is 0 Å². The summed E-state index contributed by atoms with van der Waals surface area (Å²) in [4.78, 5) is 23.8. The van der Waals surface area contributed by atoms with Crippen molar-refractivity contribution < 1.29 is 14.7 Å². The number of hydrogen-bond donors (Lipinski definition) is 1. The molecular formula is C11H19NO3. The van der Waals surface area contributed by atoms with Crippen LogP contribution in [0.25, 0.3) is 0 Å². The van der Waals surface area contributed by atoms with Gasteiger partial charge in [0.1, 0.15) is 11.8 Å². The Morgan fingerprint density at radius 2 is 2.07 bits per heavy atom. The molecule has 2 atom stereocenters. The monoisotopic (exact) mass is 213 g/mol. The van der Waals surface area contributed by atoms with Gasteiger partial charge in [0.05, 0.1) is 0 Å². The van der Waals surface area contributed by atoms with Crippen LogP contribution in [-0.4, -0.2) is 34.5 Å². The summed E-state index contributed by atoms with van der Waals surface area (Å²) in [5, 5.41) is 9.13. The predicted molar refractivity (Wildman–Crippen MR) is 56.8 cm³/mol. The zero-order chi connectivity index (χ0) is 11.9. The topological polar surface area (TPSA) is 57.6 Å². The van der Waals surface area contributed by atoms with Crippen LogP contribution < -0.4 is 0 Å². The normalized spacial score (nSPS) is 31.7. The van der Waals surface area contributed by atoms with Crippen LogP contribution >= 0.6 is 0 Å². The molecule has 0 radical (unpaired) electrons. The first-order valence-electron chi connectivity index (χ1n) is 5.21. The SMILES string of the molecule is C[C@@H]1CN(C(=O)O)[C@](C=O)(C(C)(C)C)C1. The fraction of sp³-hybridized carbons (Fsp3) is 0.818. The molecule has 0 unspecified atom stereocenters. The lowest BCUT2D eigenvalue weighted by atomic mass is 9.72. The van der Waals surface area contributed by atoms with Gasteiger partial charge in [-0.15, -0.1) is 0 Å². The fourth-order valence-electron chi connectivity index (χ4n) is 2.43. The van der Waals surface area contributed by atoms with Gasteiger partial charge in [0, 0.05) is 6.54 Å². The van der Waals surface area contributed by atoms with Gasteiger partial charge in [-0.25, -0.2) is 4.79 Å². The van der Waals surface area contributed by atoms with Gasteiger partial charge < -0.3 is 9.90 Å². The maximum atomic E-state index is 11.3. The molecule has 1 aliphatic heterocycles. The van der Waals surface area contributed by atoms with Crippen LogP contribution in [0, 0.1) is 11.3 Å². The Labute approximate surface area is 90.3 Å². The largest absolute Gasteiger partial charge is 0.465 e. The highest BCUT2D eigenvalue weighted by Gasteiger charge is 2.54. The van der Waals surface area contributed by atoms with Gasteiger partial charge in [-0.1, -0.05) is 27.7 Å². The van der Waals surface area contributed by atoms with Crippen LogP contribution in [0.5, 0.6) is 0 Å². The van der Waals surface area contributed by atoms with E-state index in [4.69, 9.17) is 5.11 Å². The van der Waals surface area contributed by atoms with Gasteiger partial charge in [0.25, 0.3) is 0 Å². The molecule has 86 valence electrons. The minimum Gasteiger partial charge on any atom is -0.465 e. The van der Waals surface area contributed by atoms with Crippen molar-refractivity contribution in [1.29, 1.82) is 0 Å². The number of nitrogens with zero attached hydrogens (tertiary/aromatic N) is 1. The summed E-state index contributed by atoms with van der Waals surface area (Å²) in [5.74, 6) is 0.241. The quantitative estimate of drug-likeness (QED) is 0.678. The second kappa shape index (κ2) is 3.51. The third-order valence-electron chi connectivity index (χ3n) is 3.36. The van der Waals surface area contributed by atoms with E-state index in [1.807, 2.05) is 27.7 Å². The molecule has 0 saturated carbocycles. The lowest BCUT2D eigenvalue weighted by Crippen LogP contribution is -2.56. The third kappa shape index (κ3) is 1.73. The number of carbonyl (C=O) groups is 2. The summed E-state index contributed by atoms with van der Waals surface area (Å²) in [5.41, 5.74) is -1.23. The summed E-state index contributed by atoms with van der Waals surface area (Å²) in [7, 11) is 0. The number of likely N-dealkylation sites (tertiary alicyclic amines) is 1. The van der Waals surface area contributed by atoms with Gasteiger partial charge in [-0.05, 0) is 17.8 Å². The average molecular weight is 213 g/mol. The first-order chi connectivity index (χ1) is 6.74. The minimum atomic E-state index is -0.999. The number of amides is 1. The number of carbonyl (C=O) groups excluding carboxylic acids is 1. The number of aldehydes is 1. The van der Waals surface area contributed by atoms with Gasteiger partial charge in [-0.2, -0.15) is 0 Å². The molecule has 0 aromatic heterocycles. The molecule has 15 heavy (non-hydrogen) atoms. The maximum absolute atomic E-state index is 11.3. The summed E-state index contributed by atoms with van der Waals surface area (Å²) in [6.45, 7) is 8.17. The summed E-state index contributed by atoms with van der Waals surface area (Å²) >= 11 is 0. The minimum absolute atomic E-state index is 0.241. The molecular weight excluding hydrogens is 194 g/mol. The Hall–Kier alpha value is -1.06. The Morgan fingerprint density at radius 1 is 1.53 bits per heavy atom. The van der Waals surface area contributed by atoms with E-state index in [-0.39, 0.29) is 11.3 Å². The molecule has 1 N–H and O–H groups in total. The molecule has 1 saturated heterocycles. The first kappa shape index (κ1) is 12.0. The highest BCUT2D eigenvalue weighted by molar-refractivity contribution is 5.77. The average Bonchev–Trinajstić information content (AvgIpc) is 2.42. The zero-order valence-electron chi connectivity index (χ0n) is 9.78. The van der Waals surface area contributed by atoms with Crippen molar-refractivity contribution in [3.63, 3.8) is 0 Å². The maximum Gasteiger partial charge on any atom is 0.408 e. The highest BCUT2D eigenvalue weighted by atomic mass is 16.4. The van der Waals surface area contributed by atoms with E-state index in [1.165, 1.54) is 4.90 Å². The summed E-state index contributed by atoms with van der Waals surface area (Å²) < 4.78 is 0. The van der Waals surface area contributed by atoms with Crippen LogP contribution in [0.2, 0.25) is 0 Å². The first-order valence-corrected chi connectivity index (χ1v) is 5.21. The number of rotatable bonds is 1. The lowest BCUT2D eigenvalue weighted by molar-refractivity contribution is -0.122. The summed E-state index contributed by atoms with van der Waals surface area (Å²) in [6.07, 6.45) is 0.429. The number of carboxylic acid groups (broad SMARTS) is 1. The third-order valence-corrected chi connectivity index (χ3v) is 3.36. The van der Waals surface area contributed by atoms with E-state index in [0.717, 1.165) is 6.29 Å². The van der Waals surface area contributed by atoms with Crippen molar-refractivity contribution in [2.45, 2.75) is 39.7 Å². The van der Waals surface area contributed by atoms with E-state index in [2.05, 4.69) is 0 Å². The van der Waals surface area contributed by atoms with E-state index in [1.54, 1.807) is 0 Å². The molecule has 1 rings (SSSR count). The Kier molecular flexibility index (Phi) is 2.81. The molecule has 1 heterocycles. The van der Waals surface area contributed by atoms with Crippen molar-refractivity contribution >= 4 is 12.4 Å². The zero-order valence-corrected chi connectivity index (χ0v) is 9.78. The van der Waals surface area contributed by atoms with Crippen LogP contribution in [0.1, 0.15) is 34.1 Å². The van der Waals surface area contributed by atoms with E-state index in [0.29, 0.717) is 13.0 Å². The second-order valence-electron chi connectivity index (χ2n) is 5.49. The fourth-order valence-corrected chi connectivity index (χ4v) is 2.43. The molecule has 0 bridgehead atoms. The highest BCUT2D eigenvalue weighted by Crippen LogP contribution is 2.44. The lowest BCUT2D eigenvalue weighted by Gasteiger charge is -2.42. The molecule has 0 aromatic rings. The van der Waals surface area contributed by atoms with Gasteiger partial charge in [-0.3, -0.25) is 4.90 Å². The van der Waals surface area contributed by atoms with Crippen molar-refractivity contribution in [3.8, 4) is 0 Å². The molecule has 1 amide bonds. The van der Waals surface area contributed by atoms with Crippen LogP contribution in [0.15, 0.2) is 0 Å². The molecule has 1 aliphatic rings. The van der Waals surface area contributed by atoms with Gasteiger partial charge in [0.15, 0.2) is 0 Å². The Bertz CT molecular complexity index is 282. The molecule has 1 fully saturated rings. The Balaban J connectivity index is 3.17.